The Morgan fingerprint density at radius 1 is 1.50 bits per heavy atom. The van der Waals surface area contributed by atoms with Crippen molar-refractivity contribution in [2.75, 3.05) is 0 Å². The third-order valence-electron chi connectivity index (χ3n) is 1.51. The highest BCUT2D eigenvalue weighted by Crippen LogP contribution is 2.28. The summed E-state index contributed by atoms with van der Waals surface area (Å²) in [5, 5.41) is 0. The van der Waals surface area contributed by atoms with Crippen molar-refractivity contribution < 1.29 is 0 Å². The lowest BCUT2D eigenvalue weighted by molar-refractivity contribution is 1.26. The van der Waals surface area contributed by atoms with Gasteiger partial charge < -0.3 is 4.98 Å². The second kappa shape index (κ2) is 3.03. The van der Waals surface area contributed by atoms with Crippen LogP contribution in [0.1, 0.15) is 5.69 Å². The number of rotatable bonds is 1. The molecule has 0 spiro atoms. The molecule has 0 unspecified atom stereocenters. The first kappa shape index (κ1) is 8.01. The lowest BCUT2D eigenvalue weighted by atomic mass is 10.4. The fraction of sp³-hybridized carbons (Fsp3) is 0.125. The minimum Gasteiger partial charge on any atom is -0.341 e. The normalized spacial score (nSPS) is 10.5. The number of imidazole rings is 1. The number of nitrogens with zero attached hydrogens (tertiary/aromatic N) is 1. The summed E-state index contributed by atoms with van der Waals surface area (Å²) >= 11 is 5.09. The second-order valence-electron chi connectivity index (χ2n) is 2.52. The molecular formula is C8H7BrN2S. The smallest absolute Gasteiger partial charge is 0.147 e. The first-order chi connectivity index (χ1) is 5.75. The summed E-state index contributed by atoms with van der Waals surface area (Å²) in [6.45, 7) is 2.00. The number of hydrogen-bond acceptors (Lipinski definition) is 2. The van der Waals surface area contributed by atoms with Gasteiger partial charge in [-0.25, -0.2) is 4.98 Å². The van der Waals surface area contributed by atoms with Crippen LogP contribution in [0.5, 0.6) is 0 Å². The molecular weight excluding hydrogens is 236 g/mol. The monoisotopic (exact) mass is 242 g/mol. The molecule has 0 radical (unpaired) electrons. The van der Waals surface area contributed by atoms with E-state index >= 15 is 0 Å². The average molecular weight is 243 g/mol. The Morgan fingerprint density at radius 2 is 2.33 bits per heavy atom. The molecule has 62 valence electrons. The molecule has 0 saturated heterocycles. The van der Waals surface area contributed by atoms with Gasteiger partial charge in [0.15, 0.2) is 0 Å². The fourth-order valence-corrected chi connectivity index (χ4v) is 2.32. The van der Waals surface area contributed by atoms with Crippen LogP contribution in [0.4, 0.5) is 0 Å². The van der Waals surface area contributed by atoms with Crippen molar-refractivity contribution in [1.82, 2.24) is 9.97 Å². The molecule has 2 nitrogen and oxygen atoms in total. The summed E-state index contributed by atoms with van der Waals surface area (Å²) in [6, 6.07) is 4.07. The van der Waals surface area contributed by atoms with E-state index in [2.05, 4.69) is 25.9 Å². The van der Waals surface area contributed by atoms with Crippen molar-refractivity contribution in [3.05, 3.63) is 27.8 Å². The molecule has 0 bridgehead atoms. The topological polar surface area (TPSA) is 28.7 Å². The summed E-state index contributed by atoms with van der Waals surface area (Å²) < 4.78 is 1.13. The van der Waals surface area contributed by atoms with Gasteiger partial charge in [0, 0.05) is 11.9 Å². The number of hydrogen-bond donors (Lipinski definition) is 1. The van der Waals surface area contributed by atoms with E-state index in [9.17, 15) is 0 Å². The lowest BCUT2D eigenvalue weighted by Crippen LogP contribution is -1.73. The van der Waals surface area contributed by atoms with Crippen LogP contribution in [-0.4, -0.2) is 9.97 Å². The fourth-order valence-electron chi connectivity index (χ4n) is 0.979. The maximum Gasteiger partial charge on any atom is 0.147 e. The van der Waals surface area contributed by atoms with Gasteiger partial charge in [0.05, 0.1) is 8.66 Å². The van der Waals surface area contributed by atoms with E-state index in [0.29, 0.717) is 0 Å². The maximum absolute atomic E-state index is 4.23. The predicted molar refractivity (Wildman–Crippen MR) is 54.3 cm³/mol. The summed E-state index contributed by atoms with van der Waals surface area (Å²) in [5.41, 5.74) is 1.09. The first-order valence-corrected chi connectivity index (χ1v) is 5.14. The van der Waals surface area contributed by atoms with Crippen LogP contribution in [0.25, 0.3) is 10.7 Å². The van der Waals surface area contributed by atoms with Gasteiger partial charge in [-0.3, -0.25) is 0 Å². The molecule has 0 aliphatic carbocycles. The summed E-state index contributed by atoms with van der Waals surface area (Å²) in [4.78, 5) is 8.58. The number of nitrogens with one attached hydrogen (secondary N) is 1. The van der Waals surface area contributed by atoms with Crippen LogP contribution < -0.4 is 0 Å². The largest absolute Gasteiger partial charge is 0.341 e. The van der Waals surface area contributed by atoms with Gasteiger partial charge in [-0.05, 0) is 35.0 Å². The Hall–Kier alpha value is -0.610. The molecule has 0 aliphatic rings. The number of H-pyrrole nitrogens is 1. The van der Waals surface area contributed by atoms with Gasteiger partial charge in [-0.15, -0.1) is 11.3 Å². The zero-order chi connectivity index (χ0) is 8.55. The highest BCUT2D eigenvalue weighted by Gasteiger charge is 2.03. The third-order valence-corrected chi connectivity index (χ3v) is 3.14. The van der Waals surface area contributed by atoms with E-state index in [-0.39, 0.29) is 0 Å². The Labute approximate surface area is 82.8 Å². The summed E-state index contributed by atoms with van der Waals surface area (Å²) in [7, 11) is 0. The molecule has 0 fully saturated rings. The molecule has 2 rings (SSSR count). The number of aryl methyl sites for hydroxylation is 1. The van der Waals surface area contributed by atoms with E-state index < -0.39 is 0 Å². The van der Waals surface area contributed by atoms with Crippen molar-refractivity contribution in [2.45, 2.75) is 6.92 Å². The average Bonchev–Trinajstić information content (AvgIpc) is 2.58. The van der Waals surface area contributed by atoms with Crippen molar-refractivity contribution in [1.29, 1.82) is 0 Å². The van der Waals surface area contributed by atoms with E-state index in [0.717, 1.165) is 20.2 Å². The molecule has 0 amide bonds. The van der Waals surface area contributed by atoms with E-state index in [1.807, 2.05) is 25.3 Å². The minimum absolute atomic E-state index is 0.947. The zero-order valence-corrected chi connectivity index (χ0v) is 8.87. The van der Waals surface area contributed by atoms with Crippen LogP contribution in [0.3, 0.4) is 0 Å². The molecule has 0 aliphatic heterocycles. The minimum atomic E-state index is 0.947. The molecule has 0 saturated carbocycles. The van der Waals surface area contributed by atoms with Crippen molar-refractivity contribution in [2.24, 2.45) is 0 Å². The first-order valence-electron chi connectivity index (χ1n) is 3.53. The number of halogens is 1. The Morgan fingerprint density at radius 3 is 2.83 bits per heavy atom. The SMILES string of the molecule is Cc1cnc(-c2ccc(Br)s2)[nH]1. The van der Waals surface area contributed by atoms with Crippen molar-refractivity contribution >= 4 is 27.3 Å². The summed E-state index contributed by atoms with van der Waals surface area (Å²) in [5.74, 6) is 0.947. The van der Waals surface area contributed by atoms with E-state index in [1.54, 1.807) is 11.3 Å². The van der Waals surface area contributed by atoms with Gasteiger partial charge in [0.25, 0.3) is 0 Å². The molecule has 12 heavy (non-hydrogen) atoms. The van der Waals surface area contributed by atoms with Gasteiger partial charge in [-0.2, -0.15) is 0 Å². The zero-order valence-electron chi connectivity index (χ0n) is 6.47. The number of aromatic amines is 1. The quantitative estimate of drug-likeness (QED) is 0.818. The lowest BCUT2D eigenvalue weighted by Gasteiger charge is -1.87. The Bertz CT molecular complexity index is 353. The summed E-state index contributed by atoms with van der Waals surface area (Å²) in [6.07, 6.45) is 1.84. The van der Waals surface area contributed by atoms with Crippen LogP contribution in [0.2, 0.25) is 0 Å². The second-order valence-corrected chi connectivity index (χ2v) is 4.98. The van der Waals surface area contributed by atoms with Crippen LogP contribution in [-0.2, 0) is 0 Å². The Kier molecular flexibility index (Phi) is 2.02. The Balaban J connectivity index is 2.43. The van der Waals surface area contributed by atoms with Crippen LogP contribution in [0, 0.1) is 6.92 Å². The van der Waals surface area contributed by atoms with Gasteiger partial charge >= 0.3 is 0 Å². The van der Waals surface area contributed by atoms with Gasteiger partial charge in [-0.1, -0.05) is 0 Å². The van der Waals surface area contributed by atoms with Gasteiger partial charge in [0.2, 0.25) is 0 Å². The van der Waals surface area contributed by atoms with Crippen molar-refractivity contribution in [3.8, 4) is 10.7 Å². The molecule has 2 heterocycles. The van der Waals surface area contributed by atoms with E-state index in [1.165, 1.54) is 0 Å². The standard InChI is InChI=1S/C8H7BrN2S/c1-5-4-10-8(11-5)6-2-3-7(9)12-6/h2-4H,1H3,(H,10,11). The molecule has 1 N–H and O–H groups in total. The maximum atomic E-state index is 4.23. The molecule has 0 atom stereocenters. The van der Waals surface area contributed by atoms with E-state index in [4.69, 9.17) is 0 Å². The third kappa shape index (κ3) is 1.44. The molecule has 2 aromatic heterocycles. The number of aromatic nitrogens is 2. The van der Waals surface area contributed by atoms with Crippen LogP contribution >= 0.6 is 27.3 Å². The predicted octanol–water partition coefficient (Wildman–Crippen LogP) is 3.21. The van der Waals surface area contributed by atoms with Gasteiger partial charge in [0.1, 0.15) is 5.82 Å². The van der Waals surface area contributed by atoms with Crippen molar-refractivity contribution in [3.63, 3.8) is 0 Å². The molecule has 0 aromatic carbocycles. The highest BCUT2D eigenvalue weighted by atomic mass is 79.9. The number of thiophene rings is 1. The highest BCUT2D eigenvalue weighted by molar-refractivity contribution is 9.11. The molecule has 2 aromatic rings. The molecule has 4 heteroatoms. The van der Waals surface area contributed by atoms with Crippen LogP contribution in [0.15, 0.2) is 22.1 Å².